The highest BCUT2D eigenvalue weighted by molar-refractivity contribution is 5.63. The number of ether oxygens (including phenoxy) is 1. The standard InChI is InChI=1S/C14H19N3O/c1-10-14(17(2)13(16-10)8-9-15)11-4-6-12(18-3)7-5-11/h4-7H,8-9,15H2,1-3H3. The van der Waals surface area contributed by atoms with E-state index in [1.807, 2.05) is 26.1 Å². The van der Waals surface area contributed by atoms with Crippen LogP contribution >= 0.6 is 0 Å². The van der Waals surface area contributed by atoms with Gasteiger partial charge in [0.05, 0.1) is 18.5 Å². The highest BCUT2D eigenvalue weighted by atomic mass is 16.5. The van der Waals surface area contributed by atoms with E-state index in [0.717, 1.165) is 34.9 Å². The van der Waals surface area contributed by atoms with Gasteiger partial charge in [0.25, 0.3) is 0 Å². The van der Waals surface area contributed by atoms with Crippen LogP contribution in [0.25, 0.3) is 11.3 Å². The van der Waals surface area contributed by atoms with Crippen molar-refractivity contribution < 1.29 is 4.74 Å². The van der Waals surface area contributed by atoms with E-state index in [0.29, 0.717) is 6.54 Å². The first kappa shape index (κ1) is 12.6. The SMILES string of the molecule is COc1ccc(-c2c(C)nc(CCN)n2C)cc1. The molecule has 0 aliphatic heterocycles. The highest BCUT2D eigenvalue weighted by Crippen LogP contribution is 2.25. The number of hydrogen-bond donors (Lipinski definition) is 1. The Hall–Kier alpha value is -1.81. The Morgan fingerprint density at radius 1 is 1.28 bits per heavy atom. The fourth-order valence-electron chi connectivity index (χ4n) is 2.20. The molecule has 4 nitrogen and oxygen atoms in total. The topological polar surface area (TPSA) is 53.1 Å². The van der Waals surface area contributed by atoms with Crippen molar-refractivity contribution in [1.82, 2.24) is 9.55 Å². The Kier molecular flexibility index (Phi) is 3.67. The minimum atomic E-state index is 0.617. The number of imidazole rings is 1. The monoisotopic (exact) mass is 245 g/mol. The average molecular weight is 245 g/mol. The fraction of sp³-hybridized carbons (Fsp3) is 0.357. The molecule has 2 aromatic rings. The third kappa shape index (κ3) is 2.24. The van der Waals surface area contributed by atoms with E-state index in [-0.39, 0.29) is 0 Å². The molecule has 0 fully saturated rings. The van der Waals surface area contributed by atoms with Crippen molar-refractivity contribution >= 4 is 0 Å². The Morgan fingerprint density at radius 2 is 1.94 bits per heavy atom. The smallest absolute Gasteiger partial charge is 0.118 e. The number of nitrogens with zero attached hydrogens (tertiary/aromatic N) is 2. The molecule has 1 heterocycles. The van der Waals surface area contributed by atoms with Crippen LogP contribution in [-0.4, -0.2) is 23.2 Å². The predicted molar refractivity (Wildman–Crippen MR) is 72.7 cm³/mol. The summed E-state index contributed by atoms with van der Waals surface area (Å²) in [7, 11) is 3.70. The molecule has 0 unspecified atom stereocenters. The van der Waals surface area contributed by atoms with Gasteiger partial charge in [-0.05, 0) is 37.7 Å². The van der Waals surface area contributed by atoms with Crippen molar-refractivity contribution in [3.63, 3.8) is 0 Å². The number of methoxy groups -OCH3 is 1. The first-order chi connectivity index (χ1) is 8.67. The second-order valence-electron chi connectivity index (χ2n) is 4.29. The second kappa shape index (κ2) is 5.23. The van der Waals surface area contributed by atoms with Crippen LogP contribution in [0.15, 0.2) is 24.3 Å². The van der Waals surface area contributed by atoms with Gasteiger partial charge in [-0.1, -0.05) is 0 Å². The lowest BCUT2D eigenvalue weighted by Crippen LogP contribution is -2.08. The molecule has 0 aliphatic carbocycles. The normalized spacial score (nSPS) is 10.7. The van der Waals surface area contributed by atoms with Crippen LogP contribution in [0.5, 0.6) is 5.75 Å². The molecule has 2 N–H and O–H groups in total. The van der Waals surface area contributed by atoms with Crippen molar-refractivity contribution in [3.8, 4) is 17.0 Å². The molecule has 0 radical (unpaired) electrons. The Bertz CT molecular complexity index is 529. The molecule has 0 saturated carbocycles. The van der Waals surface area contributed by atoms with Gasteiger partial charge in [-0.3, -0.25) is 0 Å². The first-order valence-corrected chi connectivity index (χ1v) is 6.04. The molecular formula is C14H19N3O. The fourth-order valence-corrected chi connectivity index (χ4v) is 2.20. The number of aromatic nitrogens is 2. The maximum atomic E-state index is 5.60. The molecule has 96 valence electrons. The van der Waals surface area contributed by atoms with E-state index in [9.17, 15) is 0 Å². The Morgan fingerprint density at radius 3 is 2.50 bits per heavy atom. The van der Waals surface area contributed by atoms with E-state index in [2.05, 4.69) is 21.7 Å². The lowest BCUT2D eigenvalue weighted by Gasteiger charge is -2.07. The number of hydrogen-bond acceptors (Lipinski definition) is 3. The Labute approximate surface area is 107 Å². The van der Waals surface area contributed by atoms with Crippen LogP contribution in [0.2, 0.25) is 0 Å². The van der Waals surface area contributed by atoms with Gasteiger partial charge in [-0.25, -0.2) is 4.98 Å². The molecule has 0 atom stereocenters. The van der Waals surface area contributed by atoms with Crippen LogP contribution in [0, 0.1) is 6.92 Å². The van der Waals surface area contributed by atoms with Gasteiger partial charge >= 0.3 is 0 Å². The lowest BCUT2D eigenvalue weighted by atomic mass is 10.1. The Balaban J connectivity index is 2.43. The quantitative estimate of drug-likeness (QED) is 0.895. The van der Waals surface area contributed by atoms with Crippen molar-refractivity contribution in [2.75, 3.05) is 13.7 Å². The molecule has 1 aromatic carbocycles. The number of aryl methyl sites for hydroxylation is 1. The maximum Gasteiger partial charge on any atom is 0.118 e. The predicted octanol–water partition coefficient (Wildman–Crippen LogP) is 1.91. The van der Waals surface area contributed by atoms with Crippen molar-refractivity contribution in [3.05, 3.63) is 35.8 Å². The molecule has 0 amide bonds. The first-order valence-electron chi connectivity index (χ1n) is 6.04. The molecule has 1 aromatic heterocycles. The van der Waals surface area contributed by atoms with Crippen LogP contribution in [-0.2, 0) is 13.5 Å². The van der Waals surface area contributed by atoms with Gasteiger partial charge in [0.15, 0.2) is 0 Å². The lowest BCUT2D eigenvalue weighted by molar-refractivity contribution is 0.415. The molecule has 2 rings (SSSR count). The summed E-state index contributed by atoms with van der Waals surface area (Å²) >= 11 is 0. The maximum absolute atomic E-state index is 5.60. The summed E-state index contributed by atoms with van der Waals surface area (Å²) in [5.74, 6) is 1.89. The highest BCUT2D eigenvalue weighted by Gasteiger charge is 2.12. The van der Waals surface area contributed by atoms with E-state index < -0.39 is 0 Å². The molecule has 18 heavy (non-hydrogen) atoms. The number of benzene rings is 1. The zero-order chi connectivity index (χ0) is 13.1. The van der Waals surface area contributed by atoms with Crippen molar-refractivity contribution in [2.24, 2.45) is 12.8 Å². The van der Waals surface area contributed by atoms with Gasteiger partial charge in [0.2, 0.25) is 0 Å². The minimum absolute atomic E-state index is 0.617. The summed E-state index contributed by atoms with van der Waals surface area (Å²) in [6, 6.07) is 8.03. The average Bonchev–Trinajstić information content (AvgIpc) is 2.65. The van der Waals surface area contributed by atoms with Crippen LogP contribution in [0.3, 0.4) is 0 Å². The van der Waals surface area contributed by atoms with E-state index >= 15 is 0 Å². The minimum Gasteiger partial charge on any atom is -0.497 e. The zero-order valence-corrected chi connectivity index (χ0v) is 11.1. The van der Waals surface area contributed by atoms with Crippen LogP contribution in [0.1, 0.15) is 11.5 Å². The van der Waals surface area contributed by atoms with Crippen LogP contribution < -0.4 is 10.5 Å². The van der Waals surface area contributed by atoms with Gasteiger partial charge in [-0.15, -0.1) is 0 Å². The molecule has 0 saturated heterocycles. The summed E-state index contributed by atoms with van der Waals surface area (Å²) in [5, 5.41) is 0. The summed E-state index contributed by atoms with van der Waals surface area (Å²) in [5.41, 5.74) is 8.91. The van der Waals surface area contributed by atoms with E-state index in [4.69, 9.17) is 10.5 Å². The second-order valence-corrected chi connectivity index (χ2v) is 4.29. The van der Waals surface area contributed by atoms with E-state index in [1.165, 1.54) is 0 Å². The third-order valence-electron chi connectivity index (χ3n) is 3.09. The van der Waals surface area contributed by atoms with Crippen molar-refractivity contribution in [2.45, 2.75) is 13.3 Å². The van der Waals surface area contributed by atoms with Gasteiger partial charge < -0.3 is 15.0 Å². The van der Waals surface area contributed by atoms with Gasteiger partial charge in [0, 0.05) is 19.0 Å². The van der Waals surface area contributed by atoms with E-state index in [1.54, 1.807) is 7.11 Å². The summed E-state index contributed by atoms with van der Waals surface area (Å²) in [6.45, 7) is 2.64. The van der Waals surface area contributed by atoms with Crippen molar-refractivity contribution in [1.29, 1.82) is 0 Å². The third-order valence-corrected chi connectivity index (χ3v) is 3.09. The molecule has 0 aliphatic rings. The number of rotatable bonds is 4. The largest absolute Gasteiger partial charge is 0.497 e. The number of nitrogens with two attached hydrogens (primary N) is 1. The molecule has 0 spiro atoms. The van der Waals surface area contributed by atoms with Gasteiger partial charge in [0.1, 0.15) is 11.6 Å². The van der Waals surface area contributed by atoms with Gasteiger partial charge in [-0.2, -0.15) is 0 Å². The summed E-state index contributed by atoms with van der Waals surface area (Å²) in [4.78, 5) is 4.57. The zero-order valence-electron chi connectivity index (χ0n) is 11.1. The molecular weight excluding hydrogens is 226 g/mol. The van der Waals surface area contributed by atoms with Crippen LogP contribution in [0.4, 0.5) is 0 Å². The summed E-state index contributed by atoms with van der Waals surface area (Å²) < 4.78 is 7.29. The summed E-state index contributed by atoms with van der Waals surface area (Å²) in [6.07, 6.45) is 0.799. The molecule has 0 bridgehead atoms. The molecule has 4 heteroatoms.